The first-order valence-electron chi connectivity index (χ1n) is 11.7. The quantitative estimate of drug-likeness (QED) is 0.293. The molecule has 2 atom stereocenters. The molecule has 0 saturated carbocycles. The summed E-state index contributed by atoms with van der Waals surface area (Å²) in [6, 6.07) is 5.24. The van der Waals surface area contributed by atoms with Crippen molar-refractivity contribution in [1.29, 1.82) is 0 Å². The van der Waals surface area contributed by atoms with Crippen molar-refractivity contribution >= 4 is 9.84 Å². The second-order valence-corrected chi connectivity index (χ2v) is 11.0. The van der Waals surface area contributed by atoms with Gasteiger partial charge >= 0.3 is 0 Å². The van der Waals surface area contributed by atoms with Crippen molar-refractivity contribution in [3.05, 3.63) is 65.9 Å². The molecule has 0 radical (unpaired) electrons. The van der Waals surface area contributed by atoms with Crippen molar-refractivity contribution in [3.63, 3.8) is 0 Å². The van der Waals surface area contributed by atoms with Gasteiger partial charge in [0.15, 0.2) is 27.3 Å². The molecule has 0 fully saturated rings. The Morgan fingerprint density at radius 2 is 1.61 bits per heavy atom. The number of rotatable bonds is 10. The zero-order valence-electron chi connectivity index (χ0n) is 22.0. The minimum absolute atomic E-state index is 0.137. The van der Waals surface area contributed by atoms with Crippen LogP contribution in [0, 0.1) is 13.8 Å². The highest BCUT2D eigenvalue weighted by atomic mass is 32.2. The zero-order chi connectivity index (χ0) is 27.4. The van der Waals surface area contributed by atoms with Crippen LogP contribution in [0.25, 0.3) is 17.2 Å². The fourth-order valence-electron chi connectivity index (χ4n) is 3.99. The summed E-state index contributed by atoms with van der Waals surface area (Å²) in [4.78, 5) is 17.3. The van der Waals surface area contributed by atoms with E-state index in [4.69, 9.17) is 14.2 Å². The minimum atomic E-state index is -3.88. The molecule has 0 spiro atoms. The van der Waals surface area contributed by atoms with E-state index < -0.39 is 26.9 Å². The Labute approximate surface area is 221 Å². The van der Waals surface area contributed by atoms with Crippen molar-refractivity contribution in [2.75, 3.05) is 21.3 Å². The summed E-state index contributed by atoms with van der Waals surface area (Å²) in [6.07, 6.45) is 5.49. The van der Waals surface area contributed by atoms with Gasteiger partial charge in [-0.3, -0.25) is 9.55 Å². The molecule has 0 aliphatic carbocycles. The number of sulfone groups is 1. The molecule has 0 unspecified atom stereocenters. The van der Waals surface area contributed by atoms with Crippen LogP contribution in [-0.4, -0.2) is 69.7 Å². The third-order valence-corrected chi connectivity index (χ3v) is 8.01. The molecule has 12 nitrogen and oxygen atoms in total. The largest absolute Gasteiger partial charge is 0.494 e. The number of para-hydroxylation sites is 1. The molecule has 1 aromatic carbocycles. The first-order valence-corrected chi connectivity index (χ1v) is 13.4. The maximum Gasteiger partial charge on any atom is 0.189 e. The Hall–Kier alpha value is -3.97. The molecule has 4 rings (SSSR count). The summed E-state index contributed by atoms with van der Waals surface area (Å²) >= 11 is 0. The highest BCUT2D eigenvalue weighted by Gasteiger charge is 2.35. The average Bonchev–Trinajstić information content (AvgIpc) is 3.31. The monoisotopic (exact) mass is 539 g/mol. The summed E-state index contributed by atoms with van der Waals surface area (Å²) in [5.41, 5.74) is 2.35. The number of nitrogens with zero attached hydrogens (tertiary/aromatic N) is 7. The van der Waals surface area contributed by atoms with Gasteiger partial charge in [-0.05, 0) is 38.5 Å². The summed E-state index contributed by atoms with van der Waals surface area (Å²) in [5.74, 6) is 1.09. The smallest absolute Gasteiger partial charge is 0.189 e. The molecule has 0 saturated heterocycles. The number of hydrogen-bond acceptors (Lipinski definition) is 11. The van der Waals surface area contributed by atoms with Crippen molar-refractivity contribution < 1.29 is 22.6 Å². The molecule has 3 aromatic heterocycles. The summed E-state index contributed by atoms with van der Waals surface area (Å²) in [6.45, 7) is 5.21. The normalized spacial score (nSPS) is 13.2. The molecule has 0 aliphatic heterocycles. The van der Waals surface area contributed by atoms with Gasteiger partial charge in [0, 0.05) is 25.7 Å². The maximum atomic E-state index is 13.7. The lowest BCUT2D eigenvalue weighted by Gasteiger charge is -2.22. The topological polar surface area (TPSA) is 144 Å². The van der Waals surface area contributed by atoms with E-state index in [1.54, 1.807) is 55.2 Å². The molecule has 0 aliphatic rings. The summed E-state index contributed by atoms with van der Waals surface area (Å²) in [5, 5.41) is 7.58. The van der Waals surface area contributed by atoms with E-state index in [1.807, 2.05) is 6.92 Å². The Bertz CT molecular complexity index is 1500. The zero-order valence-corrected chi connectivity index (χ0v) is 22.8. The van der Waals surface area contributed by atoms with Gasteiger partial charge < -0.3 is 14.2 Å². The van der Waals surface area contributed by atoms with Gasteiger partial charge in [0.25, 0.3) is 0 Å². The van der Waals surface area contributed by atoms with Gasteiger partial charge in [0.05, 0.1) is 31.4 Å². The van der Waals surface area contributed by atoms with Crippen LogP contribution in [0.2, 0.25) is 0 Å². The predicted octanol–water partition coefficient (Wildman–Crippen LogP) is 2.84. The molecule has 0 N–H and O–H groups in total. The minimum Gasteiger partial charge on any atom is -0.494 e. The molecule has 4 aromatic rings. The Morgan fingerprint density at radius 1 is 0.947 bits per heavy atom. The average molecular weight is 540 g/mol. The molecule has 13 heteroatoms. The standard InChI is InChI=1S/C25H29N7O5S/c1-15-10-27-24(28-11-15)23(37-6)17(3)38(33,34)14-21-30-31-25(18-13-26-12-16(2)29-18)32(21)22-19(35-4)8-7-9-20(22)36-5/h7-13,17,23H,14H2,1-6H3/t17-,23-/m0/s1. The number of benzene rings is 1. The number of aromatic nitrogens is 7. The lowest BCUT2D eigenvalue weighted by Crippen LogP contribution is -2.30. The third kappa shape index (κ3) is 5.34. The van der Waals surface area contributed by atoms with Crippen LogP contribution in [0.3, 0.4) is 0 Å². The maximum absolute atomic E-state index is 13.7. The Kier molecular flexibility index (Phi) is 7.97. The van der Waals surface area contributed by atoms with E-state index in [0.29, 0.717) is 28.6 Å². The molecular formula is C25H29N7O5S. The second-order valence-electron chi connectivity index (χ2n) is 8.62. The Morgan fingerprint density at radius 3 is 2.18 bits per heavy atom. The van der Waals surface area contributed by atoms with E-state index in [1.165, 1.54) is 27.5 Å². The highest BCUT2D eigenvalue weighted by molar-refractivity contribution is 7.91. The van der Waals surface area contributed by atoms with Gasteiger partial charge in [-0.15, -0.1) is 10.2 Å². The number of methoxy groups -OCH3 is 3. The van der Waals surface area contributed by atoms with Crippen molar-refractivity contribution in [2.24, 2.45) is 0 Å². The van der Waals surface area contributed by atoms with Gasteiger partial charge in [0.2, 0.25) is 0 Å². The molecule has 38 heavy (non-hydrogen) atoms. The van der Waals surface area contributed by atoms with Gasteiger partial charge in [-0.25, -0.2) is 23.4 Å². The summed E-state index contributed by atoms with van der Waals surface area (Å²) in [7, 11) is 0.575. The van der Waals surface area contributed by atoms with E-state index in [-0.39, 0.29) is 17.5 Å². The van der Waals surface area contributed by atoms with Gasteiger partial charge in [-0.2, -0.15) is 0 Å². The molecule has 0 amide bonds. The second kappa shape index (κ2) is 11.2. The third-order valence-electron chi connectivity index (χ3n) is 5.97. The first kappa shape index (κ1) is 27.1. The first-order chi connectivity index (χ1) is 18.2. The van der Waals surface area contributed by atoms with Crippen LogP contribution >= 0.6 is 0 Å². The van der Waals surface area contributed by atoms with Gasteiger partial charge in [-0.1, -0.05) is 6.07 Å². The highest BCUT2D eigenvalue weighted by Crippen LogP contribution is 2.36. The van der Waals surface area contributed by atoms with E-state index in [9.17, 15) is 8.42 Å². The fraction of sp³-hybridized carbons (Fsp3) is 0.360. The van der Waals surface area contributed by atoms with Crippen molar-refractivity contribution in [1.82, 2.24) is 34.7 Å². The van der Waals surface area contributed by atoms with Crippen LogP contribution in [-0.2, 0) is 20.3 Å². The van der Waals surface area contributed by atoms with E-state index in [0.717, 1.165) is 5.56 Å². The SMILES string of the molecule is COc1cccc(OC)c1-n1c(CS(=O)(=O)[C@@H](C)[C@H](OC)c2ncc(C)cn2)nnc1-c1cncc(C)n1. The van der Waals surface area contributed by atoms with Crippen LogP contribution in [0.15, 0.2) is 43.0 Å². The molecule has 200 valence electrons. The Balaban J connectivity index is 1.84. The number of ether oxygens (including phenoxy) is 3. The van der Waals surface area contributed by atoms with Crippen LogP contribution < -0.4 is 9.47 Å². The lowest BCUT2D eigenvalue weighted by atomic mass is 10.2. The molecular weight excluding hydrogens is 510 g/mol. The van der Waals surface area contributed by atoms with Crippen molar-refractivity contribution in [2.45, 2.75) is 37.9 Å². The lowest BCUT2D eigenvalue weighted by molar-refractivity contribution is 0.0947. The number of aryl methyl sites for hydroxylation is 2. The van der Waals surface area contributed by atoms with E-state index >= 15 is 0 Å². The molecule has 3 heterocycles. The number of hydrogen-bond donors (Lipinski definition) is 0. The predicted molar refractivity (Wildman–Crippen MR) is 139 cm³/mol. The van der Waals surface area contributed by atoms with Crippen molar-refractivity contribution in [3.8, 4) is 28.7 Å². The summed E-state index contributed by atoms with van der Waals surface area (Å²) < 4.78 is 45.8. The van der Waals surface area contributed by atoms with Crippen LogP contribution in [0.5, 0.6) is 11.5 Å². The molecule has 0 bridgehead atoms. The van der Waals surface area contributed by atoms with E-state index in [2.05, 4.69) is 30.1 Å². The fourth-order valence-corrected chi connectivity index (χ4v) is 5.41. The van der Waals surface area contributed by atoms with Crippen LogP contribution in [0.4, 0.5) is 0 Å². The van der Waals surface area contributed by atoms with Crippen LogP contribution in [0.1, 0.15) is 35.9 Å². The van der Waals surface area contributed by atoms with Gasteiger partial charge in [0.1, 0.15) is 34.7 Å².